The van der Waals surface area contributed by atoms with E-state index >= 15 is 0 Å². The Morgan fingerprint density at radius 3 is 1.76 bits per heavy atom. The minimum atomic E-state index is -3.99. The van der Waals surface area contributed by atoms with Crippen LogP contribution in [0.4, 0.5) is 0 Å². The summed E-state index contributed by atoms with van der Waals surface area (Å²) in [6, 6.07) is 0. The van der Waals surface area contributed by atoms with Crippen molar-refractivity contribution in [1.29, 1.82) is 0 Å². The van der Waals surface area contributed by atoms with Gasteiger partial charge in [0.15, 0.2) is 0 Å². The van der Waals surface area contributed by atoms with Gasteiger partial charge in [-0.15, -0.1) is 0 Å². The molecule has 0 amide bonds. The minimum Gasteiger partial charge on any atom is -0.273 e. The molecule has 0 aromatic rings. The highest BCUT2D eigenvalue weighted by molar-refractivity contribution is 7.83. The number of unbranched alkanes of at least 4 members (excludes halogenated alkanes) is 7. The van der Waals surface area contributed by atoms with Crippen LogP contribution in [-0.2, 0) is 10.3 Å². The monoisotopic (exact) mass is 265 g/mol. The molecule has 0 aliphatic rings. The van der Waals surface area contributed by atoms with Gasteiger partial charge in [-0.25, -0.2) is 0 Å². The molecule has 1 N–H and O–H groups in total. The summed E-state index contributed by atoms with van der Waals surface area (Å²) in [4.78, 5) is 0. The standard InChI is InChI=1S/C12H27NO3S/c1-3-5-6-7-8-9-10-11-12-13(4-2)17(14,15)16/h3-12H2,1-2H3,(H,14,15,16). The van der Waals surface area contributed by atoms with Gasteiger partial charge >= 0.3 is 10.3 Å². The SMILES string of the molecule is CCCCCCCCCCN(CC)S(=O)(=O)O. The first kappa shape index (κ1) is 16.9. The molecule has 104 valence electrons. The molecule has 4 nitrogen and oxygen atoms in total. The number of hydrogen-bond donors (Lipinski definition) is 1. The molecule has 17 heavy (non-hydrogen) atoms. The van der Waals surface area contributed by atoms with Crippen LogP contribution < -0.4 is 0 Å². The quantitative estimate of drug-likeness (QED) is 0.461. The first-order valence-corrected chi connectivity index (χ1v) is 8.14. The Morgan fingerprint density at radius 1 is 0.882 bits per heavy atom. The van der Waals surface area contributed by atoms with Crippen molar-refractivity contribution in [3.63, 3.8) is 0 Å². The summed E-state index contributed by atoms with van der Waals surface area (Å²) in [5.74, 6) is 0. The molecule has 0 aliphatic heterocycles. The van der Waals surface area contributed by atoms with E-state index in [9.17, 15) is 8.42 Å². The molecule has 0 radical (unpaired) electrons. The van der Waals surface area contributed by atoms with Crippen molar-refractivity contribution < 1.29 is 13.0 Å². The summed E-state index contributed by atoms with van der Waals surface area (Å²) >= 11 is 0. The van der Waals surface area contributed by atoms with Crippen molar-refractivity contribution in [2.45, 2.75) is 65.2 Å². The zero-order valence-corrected chi connectivity index (χ0v) is 12.0. The second-order valence-electron chi connectivity index (χ2n) is 4.44. The molecule has 0 unspecified atom stereocenters. The van der Waals surface area contributed by atoms with Gasteiger partial charge in [-0.1, -0.05) is 58.8 Å². The molecule has 5 heteroatoms. The summed E-state index contributed by atoms with van der Waals surface area (Å²) in [5.41, 5.74) is 0. The highest BCUT2D eigenvalue weighted by Gasteiger charge is 2.15. The first-order chi connectivity index (χ1) is 8.02. The van der Waals surface area contributed by atoms with Gasteiger partial charge in [-0.05, 0) is 6.42 Å². The summed E-state index contributed by atoms with van der Waals surface area (Å²) in [7, 11) is -3.99. The van der Waals surface area contributed by atoms with Crippen LogP contribution in [0.15, 0.2) is 0 Å². The van der Waals surface area contributed by atoms with Gasteiger partial charge in [-0.3, -0.25) is 4.55 Å². The van der Waals surface area contributed by atoms with E-state index in [1.54, 1.807) is 6.92 Å². The predicted molar refractivity (Wildman–Crippen MR) is 71.4 cm³/mol. The van der Waals surface area contributed by atoms with Crippen LogP contribution >= 0.6 is 0 Å². The molecule has 0 atom stereocenters. The lowest BCUT2D eigenvalue weighted by atomic mass is 10.1. The van der Waals surface area contributed by atoms with Crippen LogP contribution in [0.3, 0.4) is 0 Å². The molecular formula is C12H27NO3S. The molecular weight excluding hydrogens is 238 g/mol. The van der Waals surface area contributed by atoms with Gasteiger partial charge in [0, 0.05) is 13.1 Å². The van der Waals surface area contributed by atoms with Crippen LogP contribution in [-0.4, -0.2) is 30.4 Å². The molecule has 0 saturated carbocycles. The van der Waals surface area contributed by atoms with E-state index in [1.807, 2.05) is 0 Å². The summed E-state index contributed by atoms with van der Waals surface area (Å²) in [6.07, 6.45) is 9.43. The maximum absolute atomic E-state index is 10.9. The number of hydrogen-bond acceptors (Lipinski definition) is 2. The van der Waals surface area contributed by atoms with Crippen molar-refractivity contribution >= 4 is 10.3 Å². The van der Waals surface area contributed by atoms with Crippen molar-refractivity contribution in [2.24, 2.45) is 0 Å². The smallest absolute Gasteiger partial charge is 0.273 e. The lowest BCUT2D eigenvalue weighted by Gasteiger charge is -2.15. The highest BCUT2D eigenvalue weighted by atomic mass is 32.2. The van der Waals surface area contributed by atoms with Gasteiger partial charge in [-0.2, -0.15) is 12.7 Å². The van der Waals surface area contributed by atoms with Crippen LogP contribution in [0.2, 0.25) is 0 Å². The molecule has 0 aromatic carbocycles. The Bertz CT molecular complexity index is 265. The van der Waals surface area contributed by atoms with Crippen molar-refractivity contribution in [2.75, 3.05) is 13.1 Å². The third-order valence-corrected chi connectivity index (χ3v) is 4.03. The van der Waals surface area contributed by atoms with Crippen LogP contribution in [0, 0.1) is 0 Å². The van der Waals surface area contributed by atoms with Crippen molar-refractivity contribution in [3.8, 4) is 0 Å². The van der Waals surface area contributed by atoms with Crippen LogP contribution in [0.25, 0.3) is 0 Å². The molecule has 0 aliphatic carbocycles. The molecule has 0 rings (SSSR count). The largest absolute Gasteiger partial charge is 0.335 e. The zero-order valence-electron chi connectivity index (χ0n) is 11.2. The number of rotatable bonds is 11. The van der Waals surface area contributed by atoms with Gasteiger partial charge in [0.25, 0.3) is 0 Å². The Labute approximate surface area is 106 Å². The van der Waals surface area contributed by atoms with E-state index in [-0.39, 0.29) is 0 Å². The maximum atomic E-state index is 10.9. The molecule has 0 bridgehead atoms. The average Bonchev–Trinajstić information content (AvgIpc) is 2.25. The topological polar surface area (TPSA) is 57.6 Å². The molecule has 0 fully saturated rings. The molecule has 0 saturated heterocycles. The summed E-state index contributed by atoms with van der Waals surface area (Å²) in [6.45, 7) is 4.72. The normalized spacial score (nSPS) is 12.2. The Kier molecular flexibility index (Phi) is 9.78. The van der Waals surface area contributed by atoms with Gasteiger partial charge in [0.1, 0.15) is 0 Å². The van der Waals surface area contributed by atoms with Crippen LogP contribution in [0.5, 0.6) is 0 Å². The lowest BCUT2D eigenvalue weighted by molar-refractivity contribution is 0.353. The van der Waals surface area contributed by atoms with E-state index < -0.39 is 10.3 Å². The van der Waals surface area contributed by atoms with Gasteiger partial charge in [0.05, 0.1) is 0 Å². The lowest BCUT2D eigenvalue weighted by Crippen LogP contribution is -2.31. The predicted octanol–water partition coefficient (Wildman–Crippen LogP) is 3.25. The fourth-order valence-corrected chi connectivity index (χ4v) is 2.54. The Morgan fingerprint density at radius 2 is 1.35 bits per heavy atom. The Hall–Kier alpha value is -0.130. The minimum absolute atomic E-state index is 0.343. The van der Waals surface area contributed by atoms with Crippen LogP contribution in [0.1, 0.15) is 65.2 Å². The third kappa shape index (κ3) is 9.56. The average molecular weight is 265 g/mol. The van der Waals surface area contributed by atoms with E-state index in [0.717, 1.165) is 23.6 Å². The highest BCUT2D eigenvalue weighted by Crippen LogP contribution is 2.09. The Balaban J connectivity index is 3.44. The van der Waals surface area contributed by atoms with E-state index in [2.05, 4.69) is 6.92 Å². The fourth-order valence-electron chi connectivity index (χ4n) is 1.86. The molecule has 0 heterocycles. The van der Waals surface area contributed by atoms with Crippen molar-refractivity contribution in [1.82, 2.24) is 4.31 Å². The summed E-state index contributed by atoms with van der Waals surface area (Å²) in [5, 5.41) is 0. The third-order valence-electron chi connectivity index (χ3n) is 2.94. The zero-order chi connectivity index (χ0) is 13.1. The van der Waals surface area contributed by atoms with Gasteiger partial charge < -0.3 is 0 Å². The first-order valence-electron chi connectivity index (χ1n) is 6.75. The number of nitrogens with zero attached hydrogens (tertiary/aromatic N) is 1. The fraction of sp³-hybridized carbons (Fsp3) is 1.00. The molecule has 0 spiro atoms. The van der Waals surface area contributed by atoms with Gasteiger partial charge in [0.2, 0.25) is 0 Å². The van der Waals surface area contributed by atoms with E-state index in [0.29, 0.717) is 13.1 Å². The van der Waals surface area contributed by atoms with Crippen molar-refractivity contribution in [3.05, 3.63) is 0 Å². The summed E-state index contributed by atoms with van der Waals surface area (Å²) < 4.78 is 31.8. The molecule has 0 aromatic heterocycles. The van der Waals surface area contributed by atoms with E-state index in [4.69, 9.17) is 4.55 Å². The second-order valence-corrected chi connectivity index (χ2v) is 5.86. The van der Waals surface area contributed by atoms with E-state index in [1.165, 1.54) is 32.1 Å². The second kappa shape index (κ2) is 9.85. The maximum Gasteiger partial charge on any atom is 0.335 e.